The van der Waals surface area contributed by atoms with E-state index in [4.69, 9.17) is 25.2 Å². The van der Waals surface area contributed by atoms with Crippen LogP contribution in [0.15, 0.2) is 59.7 Å². The van der Waals surface area contributed by atoms with E-state index in [2.05, 4.69) is 89.1 Å². The number of amides is 3. The van der Waals surface area contributed by atoms with Crippen molar-refractivity contribution in [2.75, 3.05) is 27.9 Å². The lowest BCUT2D eigenvalue weighted by Gasteiger charge is -2.32. The predicted molar refractivity (Wildman–Crippen MR) is 317 cm³/mol. The van der Waals surface area contributed by atoms with Gasteiger partial charge in [0.2, 0.25) is 0 Å². The maximum Gasteiger partial charge on any atom is 0.271 e. The highest BCUT2D eigenvalue weighted by atomic mass is 16.5. The first-order valence-electron chi connectivity index (χ1n) is 27.7. The van der Waals surface area contributed by atoms with Crippen LogP contribution in [0, 0.1) is 37.0 Å². The monoisotopic (exact) mass is 1060 g/mol. The SMILES string of the molecule is CCCCCC/C(=N/NC(=O)c1cccc(OC)c1C)C(C)(C)C.CCCCCCC(=O)C(C)(C)C.CCCCCCC(NNC(=O)c1cccc(OC)c1C)C(C)(C)C.CCO.COc1cccc(C(=O)NN)c1C. The first-order valence-corrected chi connectivity index (χ1v) is 27.7. The number of nitrogens with two attached hydrogens (primary N) is 1. The Labute approximate surface area is 461 Å². The fourth-order valence-electron chi connectivity index (χ4n) is 7.62. The van der Waals surface area contributed by atoms with E-state index < -0.39 is 0 Å². The zero-order valence-corrected chi connectivity index (χ0v) is 50.9. The summed E-state index contributed by atoms with van der Waals surface area (Å²) in [5.41, 5.74) is 16.1. The summed E-state index contributed by atoms with van der Waals surface area (Å²) in [7, 11) is 4.79. The molecule has 3 aromatic carbocycles. The van der Waals surface area contributed by atoms with E-state index >= 15 is 0 Å². The van der Waals surface area contributed by atoms with Gasteiger partial charge in [0, 0.05) is 69.0 Å². The molecule has 0 aliphatic rings. The lowest BCUT2D eigenvalue weighted by molar-refractivity contribution is -0.126. The van der Waals surface area contributed by atoms with E-state index in [9.17, 15) is 19.2 Å². The van der Waals surface area contributed by atoms with Gasteiger partial charge in [0.15, 0.2) is 0 Å². The van der Waals surface area contributed by atoms with Gasteiger partial charge in [-0.1, -0.05) is 165 Å². The molecular formula is C62H106N6O8. The Morgan fingerprint density at radius 2 is 0.934 bits per heavy atom. The normalized spacial score (nSPS) is 11.6. The highest BCUT2D eigenvalue weighted by Crippen LogP contribution is 2.26. The second kappa shape index (κ2) is 40.0. The van der Waals surface area contributed by atoms with Crippen molar-refractivity contribution in [3.8, 4) is 17.2 Å². The molecule has 3 rings (SSSR count). The smallest absolute Gasteiger partial charge is 0.271 e. The Morgan fingerprint density at radius 3 is 1.29 bits per heavy atom. The fourth-order valence-corrected chi connectivity index (χ4v) is 7.62. The first-order chi connectivity index (χ1) is 35.7. The highest BCUT2D eigenvalue weighted by Gasteiger charge is 2.25. The number of aliphatic hydroxyl groups is 1. The summed E-state index contributed by atoms with van der Waals surface area (Å²) in [6.45, 7) is 33.1. The van der Waals surface area contributed by atoms with Crippen LogP contribution in [-0.2, 0) is 4.79 Å². The number of ketones is 1. The molecule has 0 bridgehead atoms. The lowest BCUT2D eigenvalue weighted by atomic mass is 9.84. The maximum absolute atomic E-state index is 12.5. The van der Waals surface area contributed by atoms with E-state index in [-0.39, 0.29) is 46.6 Å². The number of unbranched alkanes of at least 4 members (excludes halogenated alkanes) is 9. The fraction of sp³-hybridized carbons (Fsp3) is 0.629. The minimum atomic E-state index is -0.309. The van der Waals surface area contributed by atoms with Gasteiger partial charge in [0.1, 0.15) is 23.0 Å². The van der Waals surface area contributed by atoms with Crippen LogP contribution in [-0.4, -0.2) is 68.3 Å². The number of Topliss-reactive ketones (excluding diaryl/α,β-unsaturated/α-hetero) is 1. The second-order valence-corrected chi connectivity index (χ2v) is 22.1. The van der Waals surface area contributed by atoms with Gasteiger partial charge in [0.05, 0.1) is 21.3 Å². The van der Waals surface area contributed by atoms with E-state index in [1.807, 2.05) is 71.9 Å². The van der Waals surface area contributed by atoms with Gasteiger partial charge in [-0.15, -0.1) is 0 Å². The Hall–Kier alpha value is -5.31. The van der Waals surface area contributed by atoms with Crippen molar-refractivity contribution in [1.29, 1.82) is 0 Å². The topological polar surface area (TPSA) is 203 Å². The molecule has 0 saturated carbocycles. The minimum Gasteiger partial charge on any atom is -0.496 e. The molecule has 0 aliphatic carbocycles. The Bertz CT molecular complexity index is 2140. The van der Waals surface area contributed by atoms with E-state index in [0.717, 1.165) is 60.3 Å². The Balaban J connectivity index is 0. The third-order valence-corrected chi connectivity index (χ3v) is 12.6. The van der Waals surface area contributed by atoms with Crippen LogP contribution in [0.1, 0.15) is 234 Å². The number of hydrogen-bond acceptors (Lipinski definition) is 11. The second-order valence-electron chi connectivity index (χ2n) is 22.1. The van der Waals surface area contributed by atoms with Crippen LogP contribution in [0.5, 0.6) is 17.2 Å². The number of benzene rings is 3. The molecular weight excluding hydrogens is 957 g/mol. The molecule has 3 aromatic rings. The first kappa shape index (κ1) is 72.8. The van der Waals surface area contributed by atoms with Gasteiger partial charge >= 0.3 is 0 Å². The quantitative estimate of drug-likeness (QED) is 0.0165. The van der Waals surface area contributed by atoms with Crippen molar-refractivity contribution in [3.05, 3.63) is 88.0 Å². The van der Waals surface area contributed by atoms with Crippen LogP contribution in [0.25, 0.3) is 0 Å². The molecule has 14 heteroatoms. The number of hydrazone groups is 1. The molecule has 3 amide bonds. The molecule has 14 nitrogen and oxygen atoms in total. The van der Waals surface area contributed by atoms with Gasteiger partial charge in [-0.2, -0.15) is 5.10 Å². The zero-order chi connectivity index (χ0) is 58.5. The molecule has 0 radical (unpaired) electrons. The molecule has 1 atom stereocenters. The molecule has 0 saturated heterocycles. The summed E-state index contributed by atoms with van der Waals surface area (Å²) in [5, 5.41) is 12.0. The highest BCUT2D eigenvalue weighted by molar-refractivity contribution is 5.98. The van der Waals surface area contributed by atoms with Crippen molar-refractivity contribution in [2.45, 2.75) is 213 Å². The third-order valence-electron chi connectivity index (χ3n) is 12.6. The Morgan fingerprint density at radius 1 is 0.553 bits per heavy atom. The van der Waals surface area contributed by atoms with Crippen molar-refractivity contribution in [1.82, 2.24) is 21.7 Å². The summed E-state index contributed by atoms with van der Waals surface area (Å²) >= 11 is 0. The van der Waals surface area contributed by atoms with Crippen molar-refractivity contribution >= 4 is 29.2 Å². The van der Waals surface area contributed by atoms with Crippen LogP contribution in [0.4, 0.5) is 0 Å². The van der Waals surface area contributed by atoms with Gasteiger partial charge in [-0.05, 0) is 95.2 Å². The van der Waals surface area contributed by atoms with Crippen LogP contribution >= 0.6 is 0 Å². The molecule has 432 valence electrons. The summed E-state index contributed by atoms with van der Waals surface area (Å²) in [6, 6.07) is 16.5. The number of aliphatic hydroxyl groups excluding tert-OH is 1. The number of hydrogen-bond donors (Lipinski definition) is 6. The summed E-state index contributed by atoms with van der Waals surface area (Å²) in [6.07, 6.45) is 17.2. The van der Waals surface area contributed by atoms with Crippen LogP contribution in [0.2, 0.25) is 0 Å². The number of nitrogens with zero attached hydrogens (tertiary/aromatic N) is 1. The number of nitrogen functional groups attached to an aromatic ring is 1. The van der Waals surface area contributed by atoms with E-state index in [1.165, 1.54) is 64.2 Å². The summed E-state index contributed by atoms with van der Waals surface area (Å²) in [4.78, 5) is 47.6. The number of carbonyl (C=O) groups excluding carboxylic acids is 4. The largest absolute Gasteiger partial charge is 0.496 e. The van der Waals surface area contributed by atoms with Crippen LogP contribution in [0.3, 0.4) is 0 Å². The number of methoxy groups -OCH3 is 3. The average molecular weight is 1060 g/mol. The van der Waals surface area contributed by atoms with Crippen molar-refractivity contribution < 1.29 is 38.5 Å². The lowest BCUT2D eigenvalue weighted by Crippen LogP contribution is -2.50. The third kappa shape index (κ3) is 29.8. The molecule has 0 spiro atoms. The summed E-state index contributed by atoms with van der Waals surface area (Å²) in [5.74, 6) is 6.93. The number of nitrogens with one attached hydrogen (secondary N) is 4. The zero-order valence-electron chi connectivity index (χ0n) is 50.9. The van der Waals surface area contributed by atoms with Gasteiger partial charge in [-0.3, -0.25) is 30.0 Å². The molecule has 0 aromatic heterocycles. The molecule has 0 heterocycles. The number of ether oxygens (including phenoxy) is 3. The number of carbonyl (C=O) groups is 4. The molecule has 76 heavy (non-hydrogen) atoms. The number of rotatable bonds is 24. The van der Waals surface area contributed by atoms with Crippen molar-refractivity contribution in [3.63, 3.8) is 0 Å². The number of hydrazine groups is 2. The van der Waals surface area contributed by atoms with E-state index in [1.54, 1.807) is 52.5 Å². The summed E-state index contributed by atoms with van der Waals surface area (Å²) < 4.78 is 15.6. The average Bonchev–Trinajstić information content (AvgIpc) is 3.36. The van der Waals surface area contributed by atoms with Gasteiger partial charge in [-0.25, -0.2) is 16.7 Å². The molecule has 0 aliphatic heterocycles. The molecule has 0 fully saturated rings. The maximum atomic E-state index is 12.5. The van der Waals surface area contributed by atoms with E-state index in [0.29, 0.717) is 34.0 Å². The Kier molecular flexibility index (Phi) is 38.3. The van der Waals surface area contributed by atoms with Gasteiger partial charge < -0.3 is 19.3 Å². The van der Waals surface area contributed by atoms with Gasteiger partial charge in [0.25, 0.3) is 17.7 Å². The van der Waals surface area contributed by atoms with Crippen LogP contribution < -0.4 is 41.8 Å². The minimum absolute atomic E-state index is 0.0527. The standard InChI is InChI=1S/C20H34N2O2.C20H32N2O2.C11H22O.C9H12N2O2.C2H6O/c2*1-7-8-9-10-14-18(20(3,4)5)21-22-19(23)16-12-11-13-17(24-6)15(16)2;1-5-6-7-8-9-10(12)11(2,3)4;1-6-7(9(12)11-10)4-3-5-8(6)13-2;1-2-3/h11-13,18,21H,7-10,14H2,1-6H3,(H,22,23);11-13H,7-10,14H2,1-6H3,(H,22,23);5-9H2,1-4H3;3-5H,10H2,1-2H3,(H,11,12);3H,2H2,1H3/b;21-18-;;;. The molecule has 7 N–H and O–H groups in total. The predicted octanol–water partition coefficient (Wildman–Crippen LogP) is 13.9. The molecule has 1 unspecified atom stereocenters. The van der Waals surface area contributed by atoms with Crippen molar-refractivity contribution in [2.24, 2.45) is 27.2 Å².